The van der Waals surface area contributed by atoms with Crippen molar-refractivity contribution in [2.45, 2.75) is 49.7 Å². The van der Waals surface area contributed by atoms with Crippen molar-refractivity contribution in [3.63, 3.8) is 0 Å². The van der Waals surface area contributed by atoms with Crippen LogP contribution in [0.15, 0.2) is 71.8 Å². The summed E-state index contributed by atoms with van der Waals surface area (Å²) in [6, 6.07) is 12.5. The number of carbonyl (C=O) groups excluding carboxylic acids is 2. The molecule has 1 heterocycles. The van der Waals surface area contributed by atoms with Crippen LogP contribution in [0.4, 0.5) is 10.5 Å². The molecule has 3 aromatic carbocycles. The minimum atomic E-state index is -4.66. The Bertz CT molecular complexity index is 2310. The Balaban J connectivity index is 1.45. The highest BCUT2D eigenvalue weighted by atomic mass is 32.2. The molecule has 5 rings (SSSR count). The molecule has 0 spiro atoms. The number of methoxy groups -OCH3 is 1. The first-order valence-electron chi connectivity index (χ1n) is 19.4. The second kappa shape index (κ2) is 11.7. The fourth-order valence-corrected chi connectivity index (χ4v) is 5.27. The van der Waals surface area contributed by atoms with Crippen LogP contribution in [0.3, 0.4) is 0 Å². The maximum absolute atomic E-state index is 13.1. The predicted octanol–water partition coefficient (Wildman–Crippen LogP) is 5.70. The molecular formula is C31H33N3O6S. The van der Waals surface area contributed by atoms with Crippen LogP contribution < -0.4 is 14.8 Å². The number of nitrogens with one attached hydrogen (secondary N) is 2. The van der Waals surface area contributed by atoms with Crippen molar-refractivity contribution in [3.8, 4) is 5.75 Å². The summed E-state index contributed by atoms with van der Waals surface area (Å²) in [6.45, 7) is -5.51. The second-order valence-electron chi connectivity index (χ2n) is 8.73. The molecule has 0 bridgehead atoms. The van der Waals surface area contributed by atoms with Crippen molar-refractivity contribution < 1.29 is 48.0 Å². The summed E-state index contributed by atoms with van der Waals surface area (Å²) in [7, 11) is -3.40. The zero-order valence-electron chi connectivity index (χ0n) is 36.4. The van der Waals surface area contributed by atoms with Gasteiger partial charge in [-0.25, -0.2) is 17.9 Å². The number of rotatable bonds is 8. The number of hydrogen-bond acceptors (Lipinski definition) is 6. The van der Waals surface area contributed by atoms with E-state index in [1.807, 2.05) is 4.72 Å². The zero-order chi connectivity index (χ0) is 42.2. The SMILES string of the molecule is [2H]C([2H])([2H])c1ccccc1S(=O)(=O)NC(=O)c1ccc(Cc2cn(C([2H])([2H])[2H])c3ccc(NC(=O)OC4([2H])C([2H])([2H])C([2H])([2H])C([2H])([2H])C4([2H])[2H])cc23)c(OC)c1. The average molecular weight is 591 g/mol. The molecule has 214 valence electrons. The van der Waals surface area contributed by atoms with E-state index in [-0.39, 0.29) is 34.3 Å². The lowest BCUT2D eigenvalue weighted by Crippen LogP contribution is -2.31. The normalized spacial score (nSPS) is 25.4. The van der Waals surface area contributed by atoms with Crippen LogP contribution in [0.2, 0.25) is 0 Å². The van der Waals surface area contributed by atoms with Crippen LogP contribution >= 0.6 is 0 Å². The topological polar surface area (TPSA) is 116 Å². The molecule has 1 aromatic heterocycles. The third-order valence-electron chi connectivity index (χ3n) is 6.08. The number of ether oxygens (including phenoxy) is 2. The van der Waals surface area contributed by atoms with Crippen LogP contribution in [0.25, 0.3) is 10.9 Å². The number of amides is 2. The van der Waals surface area contributed by atoms with E-state index < -0.39 is 77.9 Å². The molecule has 0 saturated heterocycles. The van der Waals surface area contributed by atoms with E-state index in [4.69, 9.17) is 30.0 Å². The van der Waals surface area contributed by atoms with Gasteiger partial charge < -0.3 is 14.0 Å². The largest absolute Gasteiger partial charge is 0.496 e. The summed E-state index contributed by atoms with van der Waals surface area (Å²) in [5, 5.41) is 2.40. The van der Waals surface area contributed by atoms with Gasteiger partial charge in [-0.1, -0.05) is 24.3 Å². The lowest BCUT2D eigenvalue weighted by Gasteiger charge is -2.13. The maximum atomic E-state index is 13.1. The van der Waals surface area contributed by atoms with E-state index >= 15 is 0 Å². The third-order valence-corrected chi connectivity index (χ3v) is 7.47. The first-order valence-corrected chi connectivity index (χ1v) is 13.4. The maximum Gasteiger partial charge on any atom is 0.411 e. The van der Waals surface area contributed by atoms with Crippen molar-refractivity contribution in [1.29, 1.82) is 0 Å². The number of carbonyl (C=O) groups is 2. The van der Waals surface area contributed by atoms with Gasteiger partial charge in [0.2, 0.25) is 0 Å². The van der Waals surface area contributed by atoms with E-state index in [0.29, 0.717) is 11.1 Å². The van der Waals surface area contributed by atoms with Crippen molar-refractivity contribution in [3.05, 3.63) is 89.1 Å². The van der Waals surface area contributed by atoms with Crippen LogP contribution in [0.1, 0.15) is 73.1 Å². The first kappa shape index (κ1) is 15.1. The highest BCUT2D eigenvalue weighted by Crippen LogP contribution is 2.30. The van der Waals surface area contributed by atoms with E-state index in [0.717, 1.165) is 16.7 Å². The molecule has 2 amide bonds. The molecule has 1 fully saturated rings. The lowest BCUT2D eigenvalue weighted by molar-refractivity contribution is 0.0980. The van der Waals surface area contributed by atoms with Gasteiger partial charge in [0.15, 0.2) is 0 Å². The number of fused-ring (bicyclic) bond motifs is 1. The Morgan fingerprint density at radius 1 is 1.10 bits per heavy atom. The monoisotopic (exact) mass is 590 g/mol. The predicted molar refractivity (Wildman–Crippen MR) is 157 cm³/mol. The molecule has 10 heteroatoms. The van der Waals surface area contributed by atoms with Crippen LogP contribution in [0.5, 0.6) is 5.75 Å². The Morgan fingerprint density at radius 3 is 2.66 bits per heavy atom. The van der Waals surface area contributed by atoms with Crippen molar-refractivity contribution in [2.24, 2.45) is 6.98 Å². The Hall–Kier alpha value is -4.31. The van der Waals surface area contributed by atoms with E-state index in [9.17, 15) is 18.0 Å². The van der Waals surface area contributed by atoms with Crippen LogP contribution in [-0.2, 0) is 28.2 Å². The van der Waals surface area contributed by atoms with E-state index in [1.165, 1.54) is 61.8 Å². The molecule has 0 unspecified atom stereocenters. The van der Waals surface area contributed by atoms with Crippen LogP contribution in [0, 0.1) is 6.85 Å². The smallest absolute Gasteiger partial charge is 0.411 e. The van der Waals surface area contributed by atoms with Crippen molar-refractivity contribution >= 4 is 38.6 Å². The summed E-state index contributed by atoms with van der Waals surface area (Å²) >= 11 is 0. The highest BCUT2D eigenvalue weighted by Gasteiger charge is 2.22. The number of aryl methyl sites for hydroxylation is 2. The number of hydrogen-bond donors (Lipinski definition) is 2. The van der Waals surface area contributed by atoms with E-state index in [1.54, 1.807) is 0 Å². The van der Waals surface area contributed by atoms with Gasteiger partial charge in [-0.3, -0.25) is 10.1 Å². The number of aromatic nitrogens is 1. The fourth-order valence-electron chi connectivity index (χ4n) is 4.19. The molecular weight excluding hydrogens is 542 g/mol. The van der Waals surface area contributed by atoms with Gasteiger partial charge >= 0.3 is 6.09 Å². The minimum Gasteiger partial charge on any atom is -0.496 e. The van der Waals surface area contributed by atoms with Crippen LogP contribution in [-0.4, -0.2) is 38.2 Å². The van der Waals surface area contributed by atoms with Gasteiger partial charge in [-0.15, -0.1) is 0 Å². The Labute approximate surface area is 260 Å². The molecule has 0 atom stereocenters. The summed E-state index contributed by atoms with van der Waals surface area (Å²) in [4.78, 5) is 25.5. The quantitative estimate of drug-likeness (QED) is 0.272. The van der Waals surface area contributed by atoms with Gasteiger partial charge in [0, 0.05) is 60.9 Å². The van der Waals surface area contributed by atoms with Gasteiger partial charge in [-0.05, 0) is 85.4 Å². The molecule has 2 N–H and O–H groups in total. The van der Waals surface area contributed by atoms with Crippen molar-refractivity contribution in [2.75, 3.05) is 12.4 Å². The second-order valence-corrected chi connectivity index (χ2v) is 10.4. The number of sulfonamides is 1. The van der Waals surface area contributed by atoms with Gasteiger partial charge in [0.1, 0.15) is 11.8 Å². The Kier molecular flexibility index (Phi) is 4.29. The number of nitrogens with zero attached hydrogens (tertiary/aromatic N) is 1. The fraction of sp³-hybridized carbons (Fsp3) is 0.290. The molecule has 1 aliphatic carbocycles. The number of benzene rings is 3. The van der Waals surface area contributed by atoms with Gasteiger partial charge in [-0.2, -0.15) is 0 Å². The summed E-state index contributed by atoms with van der Waals surface area (Å²) < 4.78 is 159. The Morgan fingerprint density at radius 2 is 1.90 bits per heavy atom. The molecule has 0 radical (unpaired) electrons. The summed E-state index contributed by atoms with van der Waals surface area (Å²) in [5.74, 6) is -1.05. The van der Waals surface area contributed by atoms with Gasteiger partial charge in [0.25, 0.3) is 15.9 Å². The molecule has 41 heavy (non-hydrogen) atoms. The lowest BCUT2D eigenvalue weighted by atomic mass is 10.0. The molecule has 9 nitrogen and oxygen atoms in total. The zero-order valence-corrected chi connectivity index (χ0v) is 22.2. The van der Waals surface area contributed by atoms with Crippen molar-refractivity contribution in [1.82, 2.24) is 9.29 Å². The summed E-state index contributed by atoms with van der Waals surface area (Å²) in [5.41, 5.74) is 0.00814. The average Bonchev–Trinajstić information content (AvgIpc) is 3.46. The molecule has 4 aromatic rings. The first-order chi connectivity index (χ1) is 25.4. The number of anilines is 1. The molecule has 1 saturated carbocycles. The standard InChI is InChI=1S/C31H33N3O6S/c1-20-8-4-7-11-29(20)41(37,38)33-30(35)22-13-12-21(28(17-22)39-3)16-23-19-34(2)27-15-14-24(18-26(23)27)32-31(36)40-25-9-5-6-10-25/h4,7-8,11-15,17-19,25H,5-6,9-10,16H2,1-3H3,(H,32,36)(H,33,35)/i1D3,2D3,5D2,6D2,9D2,10D2,25D. The van der Waals surface area contributed by atoms with Gasteiger partial charge in [0.05, 0.1) is 13.4 Å². The molecule has 1 aliphatic rings. The summed E-state index contributed by atoms with van der Waals surface area (Å²) in [6.07, 6.45) is -18.7. The van der Waals surface area contributed by atoms with E-state index in [2.05, 4.69) is 5.32 Å². The minimum absolute atomic E-state index is 0.0613. The third kappa shape index (κ3) is 6.22. The molecule has 0 aliphatic heterocycles. The highest BCUT2D eigenvalue weighted by molar-refractivity contribution is 7.90.